The van der Waals surface area contributed by atoms with E-state index in [0.717, 1.165) is 17.7 Å². The third kappa shape index (κ3) is 3.14. The van der Waals surface area contributed by atoms with Crippen LogP contribution in [0.3, 0.4) is 0 Å². The van der Waals surface area contributed by atoms with Crippen LogP contribution in [0.1, 0.15) is 16.7 Å². The van der Waals surface area contributed by atoms with Crippen LogP contribution in [0, 0.1) is 19.7 Å². The van der Waals surface area contributed by atoms with Gasteiger partial charge in [0.1, 0.15) is 5.82 Å². The quantitative estimate of drug-likeness (QED) is 0.872. The third-order valence-corrected chi connectivity index (χ3v) is 3.46. The molecule has 0 saturated heterocycles. The average molecular weight is 278 g/mol. The average Bonchev–Trinajstić information content (AvgIpc) is 2.32. The van der Waals surface area contributed by atoms with E-state index >= 15 is 0 Å². The van der Waals surface area contributed by atoms with E-state index in [0.29, 0.717) is 5.02 Å². The molecule has 0 aliphatic rings. The van der Waals surface area contributed by atoms with Gasteiger partial charge in [-0.05, 0) is 66.9 Å². The predicted octanol–water partition coefficient (Wildman–Crippen LogP) is 4.48. The Morgan fingerprint density at radius 3 is 2.11 bits per heavy atom. The second-order valence-electron chi connectivity index (χ2n) is 4.78. The molecule has 0 radical (unpaired) electrons. The summed E-state index contributed by atoms with van der Waals surface area (Å²) in [5.41, 5.74) is 5.49. The van der Waals surface area contributed by atoms with Crippen LogP contribution in [0.4, 0.5) is 4.39 Å². The van der Waals surface area contributed by atoms with Gasteiger partial charge < -0.3 is 5.32 Å². The van der Waals surface area contributed by atoms with Gasteiger partial charge in [0.25, 0.3) is 0 Å². The van der Waals surface area contributed by atoms with Crippen molar-refractivity contribution in [3.63, 3.8) is 0 Å². The number of nitrogens with one attached hydrogen (secondary N) is 1. The van der Waals surface area contributed by atoms with E-state index in [1.54, 1.807) is 6.07 Å². The third-order valence-electron chi connectivity index (χ3n) is 3.25. The molecule has 0 spiro atoms. The Morgan fingerprint density at radius 2 is 1.58 bits per heavy atom. The zero-order valence-electron chi connectivity index (χ0n) is 11.3. The van der Waals surface area contributed by atoms with E-state index in [9.17, 15) is 4.39 Å². The van der Waals surface area contributed by atoms with Gasteiger partial charge in [-0.1, -0.05) is 23.7 Å². The highest BCUT2D eigenvalue weighted by atomic mass is 35.5. The Balaban J connectivity index is 2.51. The van der Waals surface area contributed by atoms with Crippen molar-refractivity contribution in [2.24, 2.45) is 0 Å². The van der Waals surface area contributed by atoms with Gasteiger partial charge >= 0.3 is 0 Å². The molecule has 1 nitrogen and oxygen atoms in total. The highest BCUT2D eigenvalue weighted by Gasteiger charge is 2.07. The summed E-state index contributed by atoms with van der Waals surface area (Å²) in [6.45, 7) is 4.98. The zero-order valence-corrected chi connectivity index (χ0v) is 12.1. The topological polar surface area (TPSA) is 12.0 Å². The van der Waals surface area contributed by atoms with Crippen molar-refractivity contribution in [1.29, 1.82) is 0 Å². The van der Waals surface area contributed by atoms with E-state index < -0.39 is 0 Å². The summed E-state index contributed by atoms with van der Waals surface area (Å²) < 4.78 is 13.4. The Hall–Kier alpha value is -1.38. The monoisotopic (exact) mass is 277 g/mol. The number of halogens is 2. The second-order valence-corrected chi connectivity index (χ2v) is 5.21. The molecular weight excluding hydrogens is 261 g/mol. The van der Waals surface area contributed by atoms with Gasteiger partial charge in [0, 0.05) is 11.6 Å². The lowest BCUT2D eigenvalue weighted by Gasteiger charge is -2.13. The number of benzene rings is 2. The first kappa shape index (κ1) is 14.0. The van der Waals surface area contributed by atoms with E-state index in [-0.39, 0.29) is 5.82 Å². The minimum Gasteiger partial charge on any atom is -0.316 e. The van der Waals surface area contributed by atoms with Gasteiger partial charge in [0.15, 0.2) is 0 Å². The summed E-state index contributed by atoms with van der Waals surface area (Å²) in [7, 11) is 1.93. The minimum atomic E-state index is -0.308. The molecular formula is C16H17ClFN. The highest BCUT2D eigenvalue weighted by molar-refractivity contribution is 6.30. The van der Waals surface area contributed by atoms with Crippen LogP contribution >= 0.6 is 11.6 Å². The minimum absolute atomic E-state index is 0.308. The molecule has 0 heterocycles. The van der Waals surface area contributed by atoms with Crippen LogP contribution in [-0.4, -0.2) is 7.05 Å². The van der Waals surface area contributed by atoms with Crippen LogP contribution in [0.15, 0.2) is 30.3 Å². The maximum absolute atomic E-state index is 13.4. The summed E-state index contributed by atoms with van der Waals surface area (Å²) in [6.07, 6.45) is 0. The van der Waals surface area contributed by atoms with Crippen molar-refractivity contribution in [1.82, 2.24) is 5.32 Å². The molecule has 0 atom stereocenters. The Morgan fingerprint density at radius 1 is 1.00 bits per heavy atom. The molecule has 0 bridgehead atoms. The molecule has 3 heteroatoms. The molecule has 0 fully saturated rings. The van der Waals surface area contributed by atoms with E-state index in [2.05, 4.69) is 31.3 Å². The highest BCUT2D eigenvalue weighted by Crippen LogP contribution is 2.28. The molecule has 1 N–H and O–H groups in total. The van der Waals surface area contributed by atoms with Crippen LogP contribution in [0.2, 0.25) is 5.02 Å². The van der Waals surface area contributed by atoms with Crippen molar-refractivity contribution in [3.8, 4) is 11.1 Å². The molecule has 2 rings (SSSR count). The normalized spacial score (nSPS) is 10.8. The van der Waals surface area contributed by atoms with Crippen LogP contribution in [0.5, 0.6) is 0 Å². The second kappa shape index (κ2) is 5.72. The van der Waals surface area contributed by atoms with Gasteiger partial charge in [-0.3, -0.25) is 0 Å². The standard InChI is InChI=1S/C16H17ClFN/c1-10-4-12(5-11(2)16(10)9-19-3)13-6-14(17)8-15(18)7-13/h4-8,19H,9H2,1-3H3. The number of rotatable bonds is 3. The molecule has 19 heavy (non-hydrogen) atoms. The maximum Gasteiger partial charge on any atom is 0.125 e. The smallest absolute Gasteiger partial charge is 0.125 e. The first-order chi connectivity index (χ1) is 9.01. The summed E-state index contributed by atoms with van der Waals surface area (Å²) in [5, 5.41) is 3.58. The molecule has 100 valence electrons. The summed E-state index contributed by atoms with van der Waals surface area (Å²) >= 11 is 5.91. The lowest BCUT2D eigenvalue weighted by Crippen LogP contribution is -2.08. The fourth-order valence-electron chi connectivity index (χ4n) is 2.34. The molecule has 0 amide bonds. The van der Waals surface area contributed by atoms with Crippen LogP contribution in [0.25, 0.3) is 11.1 Å². The van der Waals surface area contributed by atoms with Crippen molar-refractivity contribution in [3.05, 3.63) is 57.9 Å². The number of aryl methyl sites for hydroxylation is 2. The lowest BCUT2D eigenvalue weighted by atomic mass is 9.95. The van der Waals surface area contributed by atoms with Crippen LogP contribution in [-0.2, 0) is 6.54 Å². The first-order valence-corrected chi connectivity index (χ1v) is 6.60. The van der Waals surface area contributed by atoms with Crippen molar-refractivity contribution in [2.75, 3.05) is 7.05 Å². The molecule has 2 aromatic carbocycles. The van der Waals surface area contributed by atoms with Gasteiger partial charge in [0.05, 0.1) is 0 Å². The zero-order chi connectivity index (χ0) is 14.0. The molecule has 0 saturated carbocycles. The van der Waals surface area contributed by atoms with Gasteiger partial charge in [0.2, 0.25) is 0 Å². The largest absolute Gasteiger partial charge is 0.316 e. The molecule has 0 aliphatic carbocycles. The first-order valence-electron chi connectivity index (χ1n) is 6.22. The van der Waals surface area contributed by atoms with Crippen LogP contribution < -0.4 is 5.32 Å². The SMILES string of the molecule is CNCc1c(C)cc(-c2cc(F)cc(Cl)c2)cc1C. The Bertz CT molecular complexity index is 564. The Labute approximate surface area is 118 Å². The van der Waals surface area contributed by atoms with E-state index in [1.807, 2.05) is 7.05 Å². The van der Waals surface area contributed by atoms with E-state index in [4.69, 9.17) is 11.6 Å². The molecule has 0 aliphatic heterocycles. The lowest BCUT2D eigenvalue weighted by molar-refractivity contribution is 0.628. The van der Waals surface area contributed by atoms with Gasteiger partial charge in [-0.15, -0.1) is 0 Å². The summed E-state index contributed by atoms with van der Waals surface area (Å²) in [4.78, 5) is 0. The molecule has 0 unspecified atom stereocenters. The fourth-order valence-corrected chi connectivity index (χ4v) is 2.56. The maximum atomic E-state index is 13.4. The fraction of sp³-hybridized carbons (Fsp3) is 0.250. The Kier molecular flexibility index (Phi) is 4.23. The van der Waals surface area contributed by atoms with Crippen molar-refractivity contribution < 1.29 is 4.39 Å². The van der Waals surface area contributed by atoms with Gasteiger partial charge in [-0.2, -0.15) is 0 Å². The molecule has 2 aromatic rings. The van der Waals surface area contributed by atoms with Crippen molar-refractivity contribution in [2.45, 2.75) is 20.4 Å². The number of hydrogen-bond donors (Lipinski definition) is 1. The molecule has 0 aromatic heterocycles. The van der Waals surface area contributed by atoms with Crippen molar-refractivity contribution >= 4 is 11.6 Å². The summed E-state index contributed by atoms with van der Waals surface area (Å²) in [6, 6.07) is 8.77. The summed E-state index contributed by atoms with van der Waals surface area (Å²) in [5.74, 6) is -0.308. The number of hydrogen-bond acceptors (Lipinski definition) is 1. The van der Waals surface area contributed by atoms with E-state index in [1.165, 1.54) is 28.8 Å². The van der Waals surface area contributed by atoms with Gasteiger partial charge in [-0.25, -0.2) is 4.39 Å². The predicted molar refractivity (Wildman–Crippen MR) is 79.1 cm³/mol.